The summed E-state index contributed by atoms with van der Waals surface area (Å²) < 4.78 is 46.2. The number of para-hydroxylation sites is 1. The van der Waals surface area contributed by atoms with Crippen molar-refractivity contribution in [3.8, 4) is 5.75 Å². The maximum Gasteiger partial charge on any atom is 0.573 e. The van der Waals surface area contributed by atoms with Gasteiger partial charge in [-0.2, -0.15) is 4.37 Å². The summed E-state index contributed by atoms with van der Waals surface area (Å²) in [6.07, 6.45) is -3.91. The molecule has 1 aromatic carbocycles. The third-order valence-corrected chi connectivity index (χ3v) is 5.29. The van der Waals surface area contributed by atoms with Crippen molar-refractivity contribution >= 4 is 22.6 Å². The minimum absolute atomic E-state index is 0.176. The lowest BCUT2D eigenvalue weighted by Gasteiger charge is -2.36. The van der Waals surface area contributed by atoms with Gasteiger partial charge in [0.25, 0.3) is 0 Å². The molecule has 0 amide bonds. The number of guanidine groups is 1. The van der Waals surface area contributed by atoms with Gasteiger partial charge in [-0.3, -0.25) is 4.99 Å². The van der Waals surface area contributed by atoms with Crippen LogP contribution in [0.3, 0.4) is 0 Å². The molecule has 1 aliphatic rings. The van der Waals surface area contributed by atoms with Crippen molar-refractivity contribution in [3.05, 3.63) is 35.7 Å². The van der Waals surface area contributed by atoms with Crippen LogP contribution in [0.15, 0.2) is 29.3 Å². The van der Waals surface area contributed by atoms with E-state index in [1.165, 1.54) is 23.7 Å². The summed E-state index contributed by atoms with van der Waals surface area (Å²) in [4.78, 5) is 13.1. The molecule has 3 rings (SSSR count). The smallest absolute Gasteiger partial charge is 0.405 e. The highest BCUT2D eigenvalue weighted by atomic mass is 32.1. The van der Waals surface area contributed by atoms with Crippen LogP contribution in [0.4, 0.5) is 18.3 Å². The van der Waals surface area contributed by atoms with Gasteiger partial charge in [-0.1, -0.05) is 25.1 Å². The van der Waals surface area contributed by atoms with Crippen molar-refractivity contribution in [2.75, 3.05) is 38.1 Å². The number of ether oxygens (including phenoxy) is 1. The Bertz CT molecular complexity index is 833. The predicted molar refractivity (Wildman–Crippen MR) is 106 cm³/mol. The summed E-state index contributed by atoms with van der Waals surface area (Å²) in [6.45, 7) is 5.19. The van der Waals surface area contributed by atoms with Crippen LogP contribution in [0.1, 0.15) is 18.3 Å². The second-order valence-electron chi connectivity index (χ2n) is 6.38. The summed E-state index contributed by atoms with van der Waals surface area (Å²) in [7, 11) is 1.66. The first-order valence-electron chi connectivity index (χ1n) is 9.26. The van der Waals surface area contributed by atoms with E-state index in [2.05, 4.69) is 34.2 Å². The molecule has 1 N–H and O–H groups in total. The van der Waals surface area contributed by atoms with Crippen LogP contribution in [-0.4, -0.2) is 59.8 Å². The third-order valence-electron chi connectivity index (χ3n) is 4.47. The van der Waals surface area contributed by atoms with E-state index in [-0.39, 0.29) is 12.3 Å². The maximum atomic E-state index is 12.6. The van der Waals surface area contributed by atoms with Gasteiger partial charge in [0.05, 0.1) is 0 Å². The third kappa shape index (κ3) is 5.72. The van der Waals surface area contributed by atoms with Gasteiger partial charge in [0.1, 0.15) is 11.6 Å². The lowest BCUT2D eigenvalue weighted by atomic mass is 10.2. The van der Waals surface area contributed by atoms with E-state index in [1.54, 1.807) is 19.2 Å². The molecule has 29 heavy (non-hydrogen) atoms. The number of alkyl halides is 3. The van der Waals surface area contributed by atoms with Crippen LogP contribution < -0.4 is 15.0 Å². The number of aliphatic imine (C=N–C) groups is 1. The number of nitrogens with one attached hydrogen (secondary N) is 1. The number of anilines is 1. The Labute approximate surface area is 171 Å². The Balaban J connectivity index is 1.57. The minimum atomic E-state index is -4.73. The van der Waals surface area contributed by atoms with Gasteiger partial charge in [0.15, 0.2) is 5.96 Å². The lowest BCUT2D eigenvalue weighted by molar-refractivity contribution is -0.274. The molecule has 1 fully saturated rings. The van der Waals surface area contributed by atoms with Gasteiger partial charge in [0.2, 0.25) is 5.13 Å². The van der Waals surface area contributed by atoms with E-state index >= 15 is 0 Å². The Morgan fingerprint density at radius 2 is 1.97 bits per heavy atom. The Kier molecular flexibility index (Phi) is 6.78. The molecule has 0 saturated carbocycles. The highest BCUT2D eigenvalue weighted by Gasteiger charge is 2.32. The van der Waals surface area contributed by atoms with Gasteiger partial charge in [-0.05, 0) is 6.07 Å². The molecule has 0 unspecified atom stereocenters. The summed E-state index contributed by atoms with van der Waals surface area (Å²) in [5, 5.41) is 4.05. The molecule has 1 aliphatic heterocycles. The van der Waals surface area contributed by atoms with Gasteiger partial charge < -0.3 is 19.9 Å². The van der Waals surface area contributed by atoms with Crippen LogP contribution in [0.5, 0.6) is 5.75 Å². The SMILES string of the molecule is CCc1nsc(N2CCN(C(=NC)NCc3ccccc3OC(F)(F)F)CC2)n1. The summed E-state index contributed by atoms with van der Waals surface area (Å²) >= 11 is 1.40. The molecular formula is C18H23F3N6OS. The maximum absolute atomic E-state index is 12.6. The lowest BCUT2D eigenvalue weighted by Crippen LogP contribution is -2.52. The predicted octanol–water partition coefficient (Wildman–Crippen LogP) is 2.90. The van der Waals surface area contributed by atoms with Crippen LogP contribution >= 0.6 is 11.5 Å². The molecule has 0 aliphatic carbocycles. The zero-order chi connectivity index (χ0) is 20.9. The number of aromatic nitrogens is 2. The molecular weight excluding hydrogens is 405 g/mol. The van der Waals surface area contributed by atoms with Crippen molar-refractivity contribution in [1.82, 2.24) is 19.6 Å². The van der Waals surface area contributed by atoms with Gasteiger partial charge in [-0.25, -0.2) is 4.98 Å². The second-order valence-corrected chi connectivity index (χ2v) is 7.11. The number of hydrogen-bond donors (Lipinski definition) is 1. The molecule has 7 nitrogen and oxygen atoms in total. The molecule has 0 atom stereocenters. The molecule has 2 aromatic rings. The zero-order valence-corrected chi connectivity index (χ0v) is 17.1. The van der Waals surface area contributed by atoms with E-state index in [0.717, 1.165) is 43.6 Å². The van der Waals surface area contributed by atoms with Gasteiger partial charge >= 0.3 is 6.36 Å². The second kappa shape index (κ2) is 9.29. The monoisotopic (exact) mass is 428 g/mol. The first kappa shape index (κ1) is 21.2. The highest BCUT2D eigenvalue weighted by molar-refractivity contribution is 7.09. The van der Waals surface area contributed by atoms with Crippen molar-refractivity contribution in [1.29, 1.82) is 0 Å². The minimum Gasteiger partial charge on any atom is -0.405 e. The normalized spacial score (nSPS) is 15.6. The number of halogens is 3. The first-order chi connectivity index (χ1) is 13.9. The quantitative estimate of drug-likeness (QED) is 0.584. The number of nitrogens with zero attached hydrogens (tertiary/aromatic N) is 5. The van der Waals surface area contributed by atoms with Crippen LogP contribution in [0.2, 0.25) is 0 Å². The van der Waals surface area contributed by atoms with E-state index in [9.17, 15) is 13.2 Å². The average molecular weight is 428 g/mol. The molecule has 0 spiro atoms. The first-order valence-corrected chi connectivity index (χ1v) is 10.0. The fourth-order valence-corrected chi connectivity index (χ4v) is 3.81. The molecule has 0 bridgehead atoms. The fraction of sp³-hybridized carbons (Fsp3) is 0.500. The summed E-state index contributed by atoms with van der Waals surface area (Å²) in [5.41, 5.74) is 0.408. The summed E-state index contributed by atoms with van der Waals surface area (Å²) in [6, 6.07) is 6.09. The summed E-state index contributed by atoms with van der Waals surface area (Å²) in [5.74, 6) is 1.28. The van der Waals surface area contributed by atoms with Crippen molar-refractivity contribution in [2.24, 2.45) is 4.99 Å². The van der Waals surface area contributed by atoms with Crippen molar-refractivity contribution < 1.29 is 17.9 Å². The Morgan fingerprint density at radius 3 is 2.59 bits per heavy atom. The fourth-order valence-electron chi connectivity index (χ4n) is 3.01. The Morgan fingerprint density at radius 1 is 1.24 bits per heavy atom. The number of rotatable bonds is 5. The molecule has 1 saturated heterocycles. The van der Waals surface area contributed by atoms with Crippen LogP contribution in [0, 0.1) is 0 Å². The number of piperazine rings is 1. The highest BCUT2D eigenvalue weighted by Crippen LogP contribution is 2.26. The van der Waals surface area contributed by atoms with Gasteiger partial charge in [-0.15, -0.1) is 13.2 Å². The number of aryl methyl sites for hydroxylation is 1. The van der Waals surface area contributed by atoms with Crippen molar-refractivity contribution in [3.63, 3.8) is 0 Å². The van der Waals surface area contributed by atoms with Gasteiger partial charge in [0, 0.05) is 63.3 Å². The van der Waals surface area contributed by atoms with Crippen LogP contribution in [-0.2, 0) is 13.0 Å². The van der Waals surface area contributed by atoms with E-state index in [0.29, 0.717) is 11.5 Å². The van der Waals surface area contributed by atoms with Crippen molar-refractivity contribution in [2.45, 2.75) is 26.3 Å². The topological polar surface area (TPSA) is 65.9 Å². The number of hydrogen-bond acceptors (Lipinski definition) is 6. The molecule has 11 heteroatoms. The number of benzene rings is 1. The largest absolute Gasteiger partial charge is 0.573 e. The molecule has 1 aromatic heterocycles. The van der Waals surface area contributed by atoms with E-state index in [1.807, 2.05) is 6.92 Å². The average Bonchev–Trinajstić information content (AvgIpc) is 3.18. The van der Waals surface area contributed by atoms with Crippen LogP contribution in [0.25, 0.3) is 0 Å². The van der Waals surface area contributed by atoms with E-state index in [4.69, 9.17) is 0 Å². The van der Waals surface area contributed by atoms with E-state index < -0.39 is 6.36 Å². The molecule has 2 heterocycles. The zero-order valence-electron chi connectivity index (χ0n) is 16.2. The molecule has 0 radical (unpaired) electrons. The molecule has 158 valence electrons. The Hall–Kier alpha value is -2.56. The standard InChI is InChI=1S/C18H23F3N6OS/c1-3-15-24-17(29-25-15)27-10-8-26(9-11-27)16(22-2)23-12-13-6-4-5-7-14(13)28-18(19,20)21/h4-7H,3,8-12H2,1-2H3,(H,22,23).